The van der Waals surface area contributed by atoms with E-state index in [0.29, 0.717) is 28.0 Å². The van der Waals surface area contributed by atoms with E-state index in [0.717, 1.165) is 18.3 Å². The van der Waals surface area contributed by atoms with Crippen LogP contribution in [0.4, 0.5) is 4.79 Å². The number of hydrogen-bond acceptors (Lipinski definition) is 3. The molecule has 6 atom stereocenters. The van der Waals surface area contributed by atoms with E-state index in [-0.39, 0.29) is 17.4 Å². The lowest BCUT2D eigenvalue weighted by molar-refractivity contribution is -0.122. The van der Waals surface area contributed by atoms with Gasteiger partial charge in [-0.25, -0.2) is 4.79 Å². The van der Waals surface area contributed by atoms with Crippen molar-refractivity contribution in [1.82, 2.24) is 5.32 Å². The van der Waals surface area contributed by atoms with Gasteiger partial charge in [-0.1, -0.05) is 26.3 Å². The second kappa shape index (κ2) is 5.52. The molecule has 0 bridgehead atoms. The topological polar surface area (TPSA) is 66.4 Å². The SMILES string of the molecule is C[C@@]12CCC[C@H]1[C@@H]1CCC3NC(=O)C(SC(=O)O)=C[C@]3(C)[C@@H]1CC2. The fraction of sp³-hybridized carbons (Fsp3) is 0.789. The molecule has 1 heterocycles. The summed E-state index contributed by atoms with van der Waals surface area (Å²) in [6.45, 7) is 4.74. The van der Waals surface area contributed by atoms with Gasteiger partial charge in [0.25, 0.3) is 5.91 Å². The van der Waals surface area contributed by atoms with Gasteiger partial charge in [-0.05, 0) is 73.5 Å². The average Bonchev–Trinajstić information content (AvgIpc) is 2.90. The maximum absolute atomic E-state index is 12.3. The van der Waals surface area contributed by atoms with Gasteiger partial charge in [0, 0.05) is 11.5 Å². The first-order valence-corrected chi connectivity index (χ1v) is 10.1. The molecule has 3 aliphatic carbocycles. The van der Waals surface area contributed by atoms with E-state index in [2.05, 4.69) is 19.2 Å². The fourth-order valence-electron chi connectivity index (χ4n) is 6.57. The van der Waals surface area contributed by atoms with Crippen LogP contribution in [0.3, 0.4) is 0 Å². The number of fused-ring (bicyclic) bond motifs is 5. The minimum atomic E-state index is -1.00. The van der Waals surface area contributed by atoms with E-state index in [9.17, 15) is 9.59 Å². The predicted octanol–water partition coefficient (Wildman–Crippen LogP) is 4.41. The Hall–Kier alpha value is -0.970. The molecule has 1 unspecified atom stereocenters. The third-order valence-electron chi connectivity index (χ3n) is 7.73. The van der Waals surface area contributed by atoms with E-state index in [1.54, 1.807) is 0 Å². The summed E-state index contributed by atoms with van der Waals surface area (Å²) in [4.78, 5) is 23.7. The number of carbonyl (C=O) groups excluding carboxylic acids is 1. The van der Waals surface area contributed by atoms with Crippen LogP contribution in [-0.2, 0) is 4.79 Å². The third-order valence-corrected chi connectivity index (χ3v) is 8.42. The number of hydrogen-bond donors (Lipinski definition) is 2. The second-order valence-electron chi connectivity index (χ2n) is 8.81. The molecule has 0 aromatic carbocycles. The van der Waals surface area contributed by atoms with Crippen molar-refractivity contribution in [2.75, 3.05) is 0 Å². The zero-order chi connectivity index (χ0) is 17.1. The molecule has 0 saturated heterocycles. The number of amides is 1. The third kappa shape index (κ3) is 2.34. The molecule has 4 aliphatic rings. The highest BCUT2D eigenvalue weighted by molar-refractivity contribution is 8.17. The van der Waals surface area contributed by atoms with Gasteiger partial charge in [-0.2, -0.15) is 0 Å². The van der Waals surface area contributed by atoms with E-state index in [1.807, 2.05) is 6.08 Å². The summed E-state index contributed by atoms with van der Waals surface area (Å²) < 4.78 is 0. The van der Waals surface area contributed by atoms with Gasteiger partial charge in [0.2, 0.25) is 0 Å². The van der Waals surface area contributed by atoms with Crippen molar-refractivity contribution in [2.24, 2.45) is 28.6 Å². The van der Waals surface area contributed by atoms with Crippen molar-refractivity contribution >= 4 is 23.0 Å². The summed E-state index contributed by atoms with van der Waals surface area (Å²) >= 11 is 0.662. The molecule has 0 radical (unpaired) electrons. The molecular formula is C19H27NO3S. The molecule has 0 spiro atoms. The van der Waals surface area contributed by atoms with Crippen LogP contribution in [0.25, 0.3) is 0 Å². The highest BCUT2D eigenvalue weighted by Crippen LogP contribution is 2.63. The Morgan fingerprint density at radius 1 is 1.21 bits per heavy atom. The maximum Gasteiger partial charge on any atom is 0.369 e. The van der Waals surface area contributed by atoms with Crippen LogP contribution in [-0.4, -0.2) is 22.4 Å². The van der Waals surface area contributed by atoms with Gasteiger partial charge in [-0.3, -0.25) is 4.79 Å². The van der Waals surface area contributed by atoms with Gasteiger partial charge in [-0.15, -0.1) is 0 Å². The summed E-state index contributed by atoms with van der Waals surface area (Å²) in [5.41, 5.74) is 0.420. The van der Waals surface area contributed by atoms with Gasteiger partial charge in [0.05, 0.1) is 4.91 Å². The van der Waals surface area contributed by atoms with Crippen LogP contribution >= 0.6 is 11.8 Å². The molecule has 3 saturated carbocycles. The van der Waals surface area contributed by atoms with Crippen LogP contribution in [0, 0.1) is 28.6 Å². The summed E-state index contributed by atoms with van der Waals surface area (Å²) in [6, 6.07) is 0.162. The van der Waals surface area contributed by atoms with Gasteiger partial charge < -0.3 is 10.4 Å². The zero-order valence-electron chi connectivity index (χ0n) is 14.5. The summed E-state index contributed by atoms with van der Waals surface area (Å²) in [6.07, 6.45) is 10.8. The maximum atomic E-state index is 12.3. The van der Waals surface area contributed by atoms with Gasteiger partial charge >= 0.3 is 5.30 Å². The van der Waals surface area contributed by atoms with Gasteiger partial charge in [0.1, 0.15) is 0 Å². The molecule has 132 valence electrons. The fourth-order valence-corrected chi connectivity index (χ4v) is 7.22. The molecule has 5 heteroatoms. The van der Waals surface area contributed by atoms with Crippen molar-refractivity contribution in [3.05, 3.63) is 11.0 Å². The average molecular weight is 349 g/mol. The highest BCUT2D eigenvalue weighted by atomic mass is 32.2. The molecule has 1 aliphatic heterocycles. The smallest absolute Gasteiger partial charge is 0.369 e. The second-order valence-corrected chi connectivity index (χ2v) is 9.80. The minimum Gasteiger partial charge on any atom is -0.473 e. The van der Waals surface area contributed by atoms with Crippen molar-refractivity contribution in [3.63, 3.8) is 0 Å². The van der Waals surface area contributed by atoms with Crippen molar-refractivity contribution < 1.29 is 14.7 Å². The zero-order valence-corrected chi connectivity index (χ0v) is 15.3. The van der Waals surface area contributed by atoms with Crippen LogP contribution in [0.2, 0.25) is 0 Å². The van der Waals surface area contributed by atoms with E-state index in [4.69, 9.17) is 5.11 Å². The number of carbonyl (C=O) groups is 2. The molecule has 3 fully saturated rings. The van der Waals surface area contributed by atoms with Crippen molar-refractivity contribution in [3.8, 4) is 0 Å². The Labute approximate surface area is 147 Å². The molecule has 24 heavy (non-hydrogen) atoms. The Morgan fingerprint density at radius 2 is 2.00 bits per heavy atom. The van der Waals surface area contributed by atoms with E-state index < -0.39 is 5.30 Å². The quantitative estimate of drug-likeness (QED) is 0.736. The molecule has 0 aromatic rings. The summed E-state index contributed by atoms with van der Waals surface area (Å²) in [5, 5.41) is 11.2. The van der Waals surface area contributed by atoms with Crippen LogP contribution < -0.4 is 5.32 Å². The van der Waals surface area contributed by atoms with Gasteiger partial charge in [0.15, 0.2) is 0 Å². The van der Waals surface area contributed by atoms with Crippen molar-refractivity contribution in [2.45, 2.75) is 64.8 Å². The number of nitrogens with one attached hydrogen (secondary N) is 1. The standard InChI is InChI=1S/C19H27NO3S/c1-18-8-3-4-12(18)11-5-6-15-19(2,13(11)7-9-18)10-14(16(21)20-15)24-17(22)23/h10-13,15H,3-9H2,1-2H3,(H,20,21)(H,22,23)/t11-,12-,13+,15?,18-,19+/m0/s1. The Morgan fingerprint density at radius 3 is 2.75 bits per heavy atom. The van der Waals surface area contributed by atoms with Crippen molar-refractivity contribution in [1.29, 1.82) is 0 Å². The molecule has 1 amide bonds. The first-order valence-electron chi connectivity index (χ1n) is 9.28. The number of carboxylic acid groups (broad SMARTS) is 1. The molecule has 4 rings (SSSR count). The lowest BCUT2D eigenvalue weighted by atomic mass is 9.49. The Kier molecular flexibility index (Phi) is 3.79. The molecule has 0 aromatic heterocycles. The Bertz CT molecular complexity index is 618. The monoisotopic (exact) mass is 349 g/mol. The molecule has 4 nitrogen and oxygen atoms in total. The predicted molar refractivity (Wildman–Crippen MR) is 94.6 cm³/mol. The van der Waals surface area contributed by atoms with Crippen LogP contribution in [0.1, 0.15) is 58.8 Å². The van der Waals surface area contributed by atoms with Crippen LogP contribution in [0.5, 0.6) is 0 Å². The number of thioether (sulfide) groups is 1. The Balaban J connectivity index is 1.68. The summed E-state index contributed by atoms with van der Waals surface area (Å²) in [7, 11) is 0. The number of rotatable bonds is 1. The summed E-state index contributed by atoms with van der Waals surface area (Å²) in [5.74, 6) is 1.91. The first-order chi connectivity index (χ1) is 11.3. The molecular weight excluding hydrogens is 322 g/mol. The minimum absolute atomic E-state index is 0.0987. The van der Waals surface area contributed by atoms with E-state index >= 15 is 0 Å². The lowest BCUT2D eigenvalue weighted by Crippen LogP contribution is -2.59. The largest absolute Gasteiger partial charge is 0.473 e. The lowest BCUT2D eigenvalue weighted by Gasteiger charge is -2.58. The molecule has 2 N–H and O–H groups in total. The van der Waals surface area contributed by atoms with E-state index in [1.165, 1.54) is 38.5 Å². The first kappa shape index (κ1) is 16.5. The van der Waals surface area contributed by atoms with Crippen LogP contribution in [0.15, 0.2) is 11.0 Å². The normalized spacial score (nSPS) is 47.1. The highest BCUT2D eigenvalue weighted by Gasteiger charge is 2.57.